The normalized spacial score (nSPS) is 20.2. The van der Waals surface area contributed by atoms with Gasteiger partial charge in [-0.3, -0.25) is 0 Å². The Morgan fingerprint density at radius 2 is 2.05 bits per heavy atom. The van der Waals surface area contributed by atoms with Crippen LogP contribution in [-0.2, 0) is 0 Å². The van der Waals surface area contributed by atoms with Crippen LogP contribution in [0.2, 0.25) is 0 Å². The molecule has 1 saturated heterocycles. The molecule has 19 heavy (non-hydrogen) atoms. The highest BCUT2D eigenvalue weighted by molar-refractivity contribution is 5.58. The van der Waals surface area contributed by atoms with Crippen molar-refractivity contribution in [2.75, 3.05) is 23.4 Å². The molecule has 2 heterocycles. The van der Waals surface area contributed by atoms with Gasteiger partial charge in [0.2, 0.25) is 0 Å². The molecule has 1 aromatic heterocycles. The fraction of sp³-hybridized carbons (Fsp3) is 0.714. The topological polar surface area (TPSA) is 67.1 Å². The number of aryl methyl sites for hydroxylation is 1. The largest absolute Gasteiger partial charge is 0.356 e. The van der Waals surface area contributed by atoms with Gasteiger partial charge >= 0.3 is 0 Å². The smallest absolute Gasteiger partial charge is 0.148 e. The Balaban J connectivity index is 2.23. The molecule has 1 aliphatic heterocycles. The third-order valence-corrected chi connectivity index (χ3v) is 4.09. The minimum Gasteiger partial charge on any atom is -0.356 e. The Morgan fingerprint density at radius 3 is 2.74 bits per heavy atom. The number of anilines is 2. The summed E-state index contributed by atoms with van der Waals surface area (Å²) in [5.41, 5.74) is 3.72. The molecular weight excluding hydrogens is 238 g/mol. The number of hydrogen-bond donors (Lipinski definition) is 2. The summed E-state index contributed by atoms with van der Waals surface area (Å²) in [6.45, 7) is 8.40. The zero-order valence-electron chi connectivity index (χ0n) is 12.2. The molecule has 3 N–H and O–H groups in total. The van der Waals surface area contributed by atoms with Crippen LogP contribution in [0.1, 0.15) is 44.0 Å². The van der Waals surface area contributed by atoms with E-state index < -0.39 is 0 Å². The Kier molecular flexibility index (Phi) is 4.58. The summed E-state index contributed by atoms with van der Waals surface area (Å²) in [5.74, 6) is 8.94. The molecule has 1 aliphatic rings. The minimum atomic E-state index is 0.735. The quantitative estimate of drug-likeness (QED) is 0.647. The fourth-order valence-corrected chi connectivity index (χ4v) is 2.85. The summed E-state index contributed by atoms with van der Waals surface area (Å²) in [4.78, 5) is 11.3. The van der Waals surface area contributed by atoms with Gasteiger partial charge in [-0.2, -0.15) is 0 Å². The molecule has 5 heteroatoms. The Morgan fingerprint density at radius 1 is 1.26 bits per heavy atom. The van der Waals surface area contributed by atoms with Crippen LogP contribution < -0.4 is 16.2 Å². The predicted molar refractivity (Wildman–Crippen MR) is 79.2 cm³/mol. The van der Waals surface area contributed by atoms with E-state index in [1.807, 2.05) is 13.8 Å². The monoisotopic (exact) mass is 263 g/mol. The van der Waals surface area contributed by atoms with Crippen molar-refractivity contribution in [2.45, 2.75) is 46.5 Å². The van der Waals surface area contributed by atoms with Gasteiger partial charge in [-0.05, 0) is 39.0 Å². The number of nitrogen functional groups attached to an aromatic ring is 1. The van der Waals surface area contributed by atoms with E-state index in [0.717, 1.165) is 42.0 Å². The highest BCUT2D eigenvalue weighted by atomic mass is 15.3. The van der Waals surface area contributed by atoms with Crippen molar-refractivity contribution >= 4 is 11.6 Å². The summed E-state index contributed by atoms with van der Waals surface area (Å²) in [7, 11) is 0. The number of aromatic nitrogens is 2. The number of hydrogen-bond acceptors (Lipinski definition) is 5. The van der Waals surface area contributed by atoms with Crippen LogP contribution in [0, 0.1) is 19.8 Å². The Labute approximate surface area is 115 Å². The maximum absolute atomic E-state index is 5.53. The second-order valence-electron chi connectivity index (χ2n) is 5.40. The van der Waals surface area contributed by atoms with Crippen LogP contribution >= 0.6 is 0 Å². The van der Waals surface area contributed by atoms with Crippen LogP contribution in [0.4, 0.5) is 11.6 Å². The average Bonchev–Trinajstić information content (AvgIpc) is 2.66. The number of rotatable bonds is 3. The zero-order valence-corrected chi connectivity index (χ0v) is 12.2. The number of hydrazine groups is 1. The first kappa shape index (κ1) is 14.1. The van der Waals surface area contributed by atoms with Crippen molar-refractivity contribution in [1.82, 2.24) is 9.97 Å². The number of nitrogens with two attached hydrogens (primary N) is 1. The molecular formula is C14H25N5. The van der Waals surface area contributed by atoms with Crippen molar-refractivity contribution in [3.63, 3.8) is 0 Å². The van der Waals surface area contributed by atoms with E-state index in [1.165, 1.54) is 25.7 Å². The Hall–Kier alpha value is -1.36. The lowest BCUT2D eigenvalue weighted by Gasteiger charge is -2.24. The lowest BCUT2D eigenvalue weighted by Crippen LogP contribution is -2.27. The molecule has 106 valence electrons. The summed E-state index contributed by atoms with van der Waals surface area (Å²) in [6.07, 6.45) is 5.11. The SMILES string of the molecule is CCC1CCCN(c2nc(C)nc(NN)c2C)CC1. The maximum Gasteiger partial charge on any atom is 0.148 e. The first-order chi connectivity index (χ1) is 9.15. The van der Waals surface area contributed by atoms with Gasteiger partial charge in [0.15, 0.2) is 0 Å². The van der Waals surface area contributed by atoms with Crippen LogP contribution in [-0.4, -0.2) is 23.1 Å². The number of nitrogens with one attached hydrogen (secondary N) is 1. The van der Waals surface area contributed by atoms with Gasteiger partial charge in [-0.25, -0.2) is 15.8 Å². The van der Waals surface area contributed by atoms with Crippen molar-refractivity contribution in [1.29, 1.82) is 0 Å². The van der Waals surface area contributed by atoms with Crippen LogP contribution in [0.25, 0.3) is 0 Å². The summed E-state index contributed by atoms with van der Waals surface area (Å²) >= 11 is 0. The van der Waals surface area contributed by atoms with Crippen molar-refractivity contribution < 1.29 is 0 Å². The predicted octanol–water partition coefficient (Wildman–Crippen LogP) is 2.40. The molecule has 5 nitrogen and oxygen atoms in total. The van der Waals surface area contributed by atoms with Gasteiger partial charge in [0.05, 0.1) is 0 Å². The van der Waals surface area contributed by atoms with E-state index in [2.05, 4.69) is 27.2 Å². The summed E-state index contributed by atoms with van der Waals surface area (Å²) < 4.78 is 0. The molecule has 1 aromatic rings. The van der Waals surface area contributed by atoms with E-state index in [9.17, 15) is 0 Å². The lowest BCUT2D eigenvalue weighted by molar-refractivity contribution is 0.459. The first-order valence-electron chi connectivity index (χ1n) is 7.22. The highest BCUT2D eigenvalue weighted by Crippen LogP contribution is 2.27. The van der Waals surface area contributed by atoms with E-state index in [0.29, 0.717) is 0 Å². The second-order valence-corrected chi connectivity index (χ2v) is 5.40. The fourth-order valence-electron chi connectivity index (χ4n) is 2.85. The standard InChI is InChI=1S/C14H25N5/c1-4-12-6-5-8-19(9-7-12)14-10(2)13(18-15)16-11(3)17-14/h12H,4-9,15H2,1-3H3,(H,16,17,18). The highest BCUT2D eigenvalue weighted by Gasteiger charge is 2.20. The van der Waals surface area contributed by atoms with Gasteiger partial charge in [0.1, 0.15) is 17.5 Å². The zero-order chi connectivity index (χ0) is 13.8. The molecule has 1 fully saturated rings. The van der Waals surface area contributed by atoms with Crippen molar-refractivity contribution in [3.8, 4) is 0 Å². The Bertz CT molecular complexity index is 432. The summed E-state index contributed by atoms with van der Waals surface area (Å²) in [6, 6.07) is 0. The molecule has 0 bridgehead atoms. The van der Waals surface area contributed by atoms with E-state index in [4.69, 9.17) is 5.84 Å². The van der Waals surface area contributed by atoms with Crippen LogP contribution in [0.3, 0.4) is 0 Å². The maximum atomic E-state index is 5.53. The van der Waals surface area contributed by atoms with Gasteiger partial charge < -0.3 is 10.3 Å². The molecule has 0 saturated carbocycles. The van der Waals surface area contributed by atoms with Gasteiger partial charge in [-0.15, -0.1) is 0 Å². The van der Waals surface area contributed by atoms with Gasteiger partial charge in [-0.1, -0.05) is 13.3 Å². The van der Waals surface area contributed by atoms with Crippen molar-refractivity contribution in [3.05, 3.63) is 11.4 Å². The number of nitrogens with zero attached hydrogens (tertiary/aromatic N) is 3. The van der Waals surface area contributed by atoms with E-state index in [-0.39, 0.29) is 0 Å². The van der Waals surface area contributed by atoms with Crippen LogP contribution in [0.5, 0.6) is 0 Å². The molecule has 0 amide bonds. The first-order valence-corrected chi connectivity index (χ1v) is 7.22. The van der Waals surface area contributed by atoms with E-state index in [1.54, 1.807) is 0 Å². The lowest BCUT2D eigenvalue weighted by atomic mass is 9.98. The third kappa shape index (κ3) is 3.15. The minimum absolute atomic E-state index is 0.735. The molecule has 0 spiro atoms. The third-order valence-electron chi connectivity index (χ3n) is 4.09. The summed E-state index contributed by atoms with van der Waals surface area (Å²) in [5, 5.41) is 0. The van der Waals surface area contributed by atoms with Crippen molar-refractivity contribution in [2.24, 2.45) is 11.8 Å². The average molecular weight is 263 g/mol. The van der Waals surface area contributed by atoms with Gasteiger partial charge in [0.25, 0.3) is 0 Å². The molecule has 2 rings (SSSR count). The molecule has 1 unspecified atom stereocenters. The molecule has 0 aromatic carbocycles. The molecule has 1 atom stereocenters. The van der Waals surface area contributed by atoms with Crippen LogP contribution in [0.15, 0.2) is 0 Å². The van der Waals surface area contributed by atoms with Gasteiger partial charge in [0, 0.05) is 18.7 Å². The second kappa shape index (κ2) is 6.19. The van der Waals surface area contributed by atoms with E-state index >= 15 is 0 Å². The molecule has 0 aliphatic carbocycles. The molecule has 0 radical (unpaired) electrons.